The Bertz CT molecular complexity index is 664. The number of aliphatic hydroxyl groups is 1. The van der Waals surface area contributed by atoms with Crippen LogP contribution < -0.4 is 14.8 Å². The molecule has 0 saturated carbocycles. The van der Waals surface area contributed by atoms with E-state index in [1.54, 1.807) is 37.3 Å². The SMILES string of the molecule is Cc1ccc([C@@H](O)CNC(=O)c2ccc3c(c2)OCO3)o1. The third-order valence-electron chi connectivity index (χ3n) is 3.18. The molecule has 6 nitrogen and oxygen atoms in total. The Hall–Kier alpha value is -2.47. The van der Waals surface area contributed by atoms with Gasteiger partial charge in [0.1, 0.15) is 17.6 Å². The normalized spacial score (nSPS) is 14.0. The molecule has 0 spiro atoms. The first-order valence-corrected chi connectivity index (χ1v) is 6.56. The molecule has 6 heteroatoms. The van der Waals surface area contributed by atoms with Gasteiger partial charge in [-0.2, -0.15) is 0 Å². The molecule has 1 aromatic carbocycles. The summed E-state index contributed by atoms with van der Waals surface area (Å²) in [6.07, 6.45) is -0.878. The minimum Gasteiger partial charge on any atom is -0.464 e. The van der Waals surface area contributed by atoms with E-state index in [1.807, 2.05) is 0 Å². The highest BCUT2D eigenvalue weighted by molar-refractivity contribution is 5.94. The fourth-order valence-corrected chi connectivity index (χ4v) is 2.06. The summed E-state index contributed by atoms with van der Waals surface area (Å²) < 4.78 is 15.7. The van der Waals surface area contributed by atoms with E-state index in [9.17, 15) is 9.90 Å². The summed E-state index contributed by atoms with van der Waals surface area (Å²) in [6, 6.07) is 8.39. The summed E-state index contributed by atoms with van der Waals surface area (Å²) in [5.41, 5.74) is 0.446. The van der Waals surface area contributed by atoms with Crippen LogP contribution >= 0.6 is 0 Å². The van der Waals surface area contributed by atoms with Crippen LogP contribution in [0.3, 0.4) is 0 Å². The Morgan fingerprint density at radius 2 is 2.10 bits per heavy atom. The monoisotopic (exact) mass is 289 g/mol. The molecule has 2 N–H and O–H groups in total. The quantitative estimate of drug-likeness (QED) is 0.896. The van der Waals surface area contributed by atoms with Gasteiger partial charge < -0.3 is 24.3 Å². The fraction of sp³-hybridized carbons (Fsp3) is 0.267. The number of furan rings is 1. The van der Waals surface area contributed by atoms with E-state index in [0.717, 1.165) is 0 Å². The van der Waals surface area contributed by atoms with E-state index in [0.29, 0.717) is 28.6 Å². The topological polar surface area (TPSA) is 80.9 Å². The van der Waals surface area contributed by atoms with E-state index in [1.165, 1.54) is 0 Å². The number of hydrogen-bond acceptors (Lipinski definition) is 5. The number of benzene rings is 1. The van der Waals surface area contributed by atoms with Crippen LogP contribution in [0.2, 0.25) is 0 Å². The molecule has 2 aromatic rings. The van der Waals surface area contributed by atoms with Crippen molar-refractivity contribution in [2.45, 2.75) is 13.0 Å². The van der Waals surface area contributed by atoms with Crippen molar-refractivity contribution in [2.75, 3.05) is 13.3 Å². The number of carbonyl (C=O) groups excluding carboxylic acids is 1. The Labute approximate surface area is 121 Å². The second kappa shape index (κ2) is 5.49. The molecule has 0 radical (unpaired) electrons. The molecule has 2 heterocycles. The first-order chi connectivity index (χ1) is 10.1. The lowest BCUT2D eigenvalue weighted by atomic mass is 10.2. The number of ether oxygens (including phenoxy) is 2. The van der Waals surface area contributed by atoms with Gasteiger partial charge in [0.15, 0.2) is 11.5 Å². The maximum absolute atomic E-state index is 12.0. The number of aliphatic hydroxyl groups excluding tert-OH is 1. The summed E-state index contributed by atoms with van der Waals surface area (Å²) in [5.74, 6) is 2.02. The first-order valence-electron chi connectivity index (χ1n) is 6.56. The van der Waals surface area contributed by atoms with Crippen molar-refractivity contribution < 1.29 is 23.8 Å². The number of rotatable bonds is 4. The van der Waals surface area contributed by atoms with Gasteiger partial charge in [-0.05, 0) is 37.3 Å². The highest BCUT2D eigenvalue weighted by Crippen LogP contribution is 2.32. The van der Waals surface area contributed by atoms with E-state index in [2.05, 4.69) is 5.32 Å². The number of hydrogen-bond donors (Lipinski definition) is 2. The van der Waals surface area contributed by atoms with Gasteiger partial charge in [0, 0.05) is 5.56 Å². The predicted octanol–water partition coefficient (Wildman–Crippen LogP) is 1.78. The lowest BCUT2D eigenvalue weighted by molar-refractivity contribution is 0.0900. The van der Waals surface area contributed by atoms with E-state index in [4.69, 9.17) is 13.9 Å². The number of amides is 1. The second-order valence-corrected chi connectivity index (χ2v) is 4.74. The third kappa shape index (κ3) is 2.85. The Morgan fingerprint density at radius 3 is 2.86 bits per heavy atom. The van der Waals surface area contributed by atoms with Crippen molar-refractivity contribution in [3.8, 4) is 11.5 Å². The van der Waals surface area contributed by atoms with Gasteiger partial charge >= 0.3 is 0 Å². The van der Waals surface area contributed by atoms with Crippen molar-refractivity contribution in [1.82, 2.24) is 5.32 Å². The molecule has 1 aliphatic heterocycles. The fourth-order valence-electron chi connectivity index (χ4n) is 2.06. The van der Waals surface area contributed by atoms with Crippen molar-refractivity contribution in [3.63, 3.8) is 0 Å². The van der Waals surface area contributed by atoms with Crippen LogP contribution in [0.4, 0.5) is 0 Å². The van der Waals surface area contributed by atoms with Crippen LogP contribution in [0.5, 0.6) is 11.5 Å². The van der Waals surface area contributed by atoms with Crippen molar-refractivity contribution in [2.24, 2.45) is 0 Å². The smallest absolute Gasteiger partial charge is 0.251 e. The van der Waals surface area contributed by atoms with Gasteiger partial charge in [0.2, 0.25) is 6.79 Å². The predicted molar refractivity (Wildman–Crippen MR) is 73.3 cm³/mol. The molecule has 0 aliphatic carbocycles. The Kier molecular flexibility index (Phi) is 3.53. The molecule has 1 amide bonds. The number of aryl methyl sites for hydroxylation is 1. The van der Waals surface area contributed by atoms with Gasteiger partial charge in [0.05, 0.1) is 6.54 Å². The Balaban J connectivity index is 1.61. The zero-order chi connectivity index (χ0) is 14.8. The van der Waals surface area contributed by atoms with Crippen LogP contribution in [0.15, 0.2) is 34.7 Å². The van der Waals surface area contributed by atoms with E-state index in [-0.39, 0.29) is 19.2 Å². The van der Waals surface area contributed by atoms with Gasteiger partial charge in [-0.1, -0.05) is 0 Å². The lowest BCUT2D eigenvalue weighted by Gasteiger charge is -2.10. The minimum absolute atomic E-state index is 0.0697. The highest BCUT2D eigenvalue weighted by atomic mass is 16.7. The minimum atomic E-state index is -0.878. The summed E-state index contributed by atoms with van der Waals surface area (Å²) in [5, 5.41) is 12.6. The average Bonchev–Trinajstić information content (AvgIpc) is 3.12. The van der Waals surface area contributed by atoms with Crippen LogP contribution in [-0.2, 0) is 0 Å². The number of nitrogens with one attached hydrogen (secondary N) is 1. The van der Waals surface area contributed by atoms with Crippen LogP contribution in [-0.4, -0.2) is 24.4 Å². The molecule has 1 atom stereocenters. The van der Waals surface area contributed by atoms with Crippen molar-refractivity contribution in [1.29, 1.82) is 0 Å². The summed E-state index contributed by atoms with van der Waals surface area (Å²) in [7, 11) is 0. The standard InChI is InChI=1S/C15H15NO5/c1-9-2-4-12(21-9)11(17)7-16-15(18)10-3-5-13-14(6-10)20-8-19-13/h2-6,11,17H,7-8H2,1H3,(H,16,18)/t11-/m0/s1. The van der Waals surface area contributed by atoms with Gasteiger partial charge in [-0.3, -0.25) is 4.79 Å². The molecule has 0 unspecified atom stereocenters. The summed E-state index contributed by atoms with van der Waals surface area (Å²) in [6.45, 7) is 2.03. The maximum atomic E-state index is 12.0. The zero-order valence-electron chi connectivity index (χ0n) is 11.5. The van der Waals surface area contributed by atoms with E-state index < -0.39 is 6.10 Å². The molecule has 110 valence electrons. The number of carbonyl (C=O) groups is 1. The van der Waals surface area contributed by atoms with Gasteiger partial charge in [0.25, 0.3) is 5.91 Å². The first kappa shape index (κ1) is 13.5. The molecular formula is C15H15NO5. The molecule has 3 rings (SSSR count). The molecule has 21 heavy (non-hydrogen) atoms. The van der Waals surface area contributed by atoms with E-state index >= 15 is 0 Å². The molecule has 0 fully saturated rings. The molecule has 1 aromatic heterocycles. The van der Waals surface area contributed by atoms with Crippen LogP contribution in [0.25, 0.3) is 0 Å². The van der Waals surface area contributed by atoms with Crippen LogP contribution in [0, 0.1) is 6.92 Å². The molecule has 1 aliphatic rings. The van der Waals surface area contributed by atoms with Crippen molar-refractivity contribution >= 4 is 5.91 Å². The van der Waals surface area contributed by atoms with Gasteiger partial charge in [-0.15, -0.1) is 0 Å². The molecule has 0 bridgehead atoms. The largest absolute Gasteiger partial charge is 0.464 e. The lowest BCUT2D eigenvalue weighted by Crippen LogP contribution is -2.28. The molecule has 0 saturated heterocycles. The second-order valence-electron chi connectivity index (χ2n) is 4.74. The number of fused-ring (bicyclic) bond motifs is 1. The summed E-state index contributed by atoms with van der Waals surface area (Å²) >= 11 is 0. The third-order valence-corrected chi connectivity index (χ3v) is 3.18. The Morgan fingerprint density at radius 1 is 1.29 bits per heavy atom. The summed E-state index contributed by atoms with van der Waals surface area (Å²) in [4.78, 5) is 12.0. The van der Waals surface area contributed by atoms with Crippen molar-refractivity contribution in [3.05, 3.63) is 47.4 Å². The van der Waals surface area contributed by atoms with Gasteiger partial charge in [-0.25, -0.2) is 0 Å². The zero-order valence-corrected chi connectivity index (χ0v) is 11.5. The molecular weight excluding hydrogens is 274 g/mol. The average molecular weight is 289 g/mol. The van der Waals surface area contributed by atoms with Crippen LogP contribution in [0.1, 0.15) is 28.0 Å². The highest BCUT2D eigenvalue weighted by Gasteiger charge is 2.17. The maximum Gasteiger partial charge on any atom is 0.251 e.